The number of benzene rings is 1. The third kappa shape index (κ3) is 5.22. The quantitative estimate of drug-likeness (QED) is 0.583. The van der Waals surface area contributed by atoms with E-state index in [1.54, 1.807) is 24.5 Å². The van der Waals surface area contributed by atoms with Gasteiger partial charge in [-0.05, 0) is 46.4 Å². The molecule has 0 saturated carbocycles. The van der Waals surface area contributed by atoms with Crippen LogP contribution in [0.15, 0.2) is 34.1 Å². The highest BCUT2D eigenvalue weighted by Gasteiger charge is 2.18. The van der Waals surface area contributed by atoms with Crippen molar-refractivity contribution in [3.63, 3.8) is 0 Å². The second-order valence-electron chi connectivity index (χ2n) is 5.33. The van der Waals surface area contributed by atoms with E-state index in [1.807, 2.05) is 24.4 Å². The van der Waals surface area contributed by atoms with Gasteiger partial charge in [0.15, 0.2) is 18.1 Å². The van der Waals surface area contributed by atoms with E-state index >= 15 is 0 Å². The molecule has 0 bridgehead atoms. The molecule has 0 saturated heterocycles. The van der Waals surface area contributed by atoms with Crippen molar-refractivity contribution < 1.29 is 23.8 Å². The van der Waals surface area contributed by atoms with Gasteiger partial charge >= 0.3 is 5.97 Å². The molecule has 0 fully saturated rings. The van der Waals surface area contributed by atoms with Crippen LogP contribution in [-0.2, 0) is 16.1 Å². The maximum Gasteiger partial charge on any atom is 0.338 e. The lowest BCUT2D eigenvalue weighted by molar-refractivity contribution is -0.133. The predicted octanol–water partition coefficient (Wildman–Crippen LogP) is 3.73. The van der Waals surface area contributed by atoms with Crippen LogP contribution in [0.3, 0.4) is 0 Å². The van der Waals surface area contributed by atoms with Gasteiger partial charge < -0.3 is 19.1 Å². The highest BCUT2D eigenvalue weighted by molar-refractivity contribution is 9.10. The number of hydrogen-bond acceptors (Lipinski definition) is 6. The molecule has 0 atom stereocenters. The molecule has 1 aromatic heterocycles. The minimum Gasteiger partial charge on any atom is -0.493 e. The first-order valence-electron chi connectivity index (χ1n) is 7.90. The molecule has 26 heavy (non-hydrogen) atoms. The molecular formula is C18H20BrNO5S. The molecule has 0 N–H and O–H groups in total. The first kappa shape index (κ1) is 20.3. The number of halogens is 1. The van der Waals surface area contributed by atoms with Gasteiger partial charge in [0.25, 0.3) is 5.91 Å². The Bertz CT molecular complexity index is 763. The number of nitrogens with zero attached hydrogens (tertiary/aromatic N) is 1. The Kier molecular flexibility index (Phi) is 7.47. The van der Waals surface area contributed by atoms with E-state index < -0.39 is 5.97 Å². The van der Waals surface area contributed by atoms with Crippen LogP contribution < -0.4 is 9.47 Å². The van der Waals surface area contributed by atoms with Crippen molar-refractivity contribution in [1.29, 1.82) is 0 Å². The van der Waals surface area contributed by atoms with Gasteiger partial charge in [-0.3, -0.25) is 4.79 Å². The molecule has 0 aliphatic carbocycles. The van der Waals surface area contributed by atoms with E-state index in [2.05, 4.69) is 15.9 Å². The normalized spacial score (nSPS) is 10.3. The van der Waals surface area contributed by atoms with E-state index in [0.717, 1.165) is 4.88 Å². The van der Waals surface area contributed by atoms with Crippen LogP contribution in [0.1, 0.15) is 22.2 Å². The summed E-state index contributed by atoms with van der Waals surface area (Å²) in [6, 6.07) is 6.98. The first-order valence-corrected chi connectivity index (χ1v) is 9.57. The van der Waals surface area contributed by atoms with Gasteiger partial charge in [-0.1, -0.05) is 6.07 Å². The summed E-state index contributed by atoms with van der Waals surface area (Å²) in [5.74, 6) is 0.0428. The lowest BCUT2D eigenvalue weighted by atomic mass is 10.2. The number of likely N-dealkylation sites (N-methyl/N-ethyl adjacent to an activating group) is 1. The summed E-state index contributed by atoms with van der Waals surface area (Å²) >= 11 is 4.93. The molecule has 0 aliphatic rings. The number of esters is 1. The number of rotatable bonds is 8. The summed E-state index contributed by atoms with van der Waals surface area (Å²) in [5.41, 5.74) is 0.269. The number of methoxy groups -OCH3 is 1. The fourth-order valence-corrected chi connectivity index (χ4v) is 3.48. The Morgan fingerprint density at radius 2 is 2.08 bits per heavy atom. The maximum atomic E-state index is 12.3. The second-order valence-corrected chi connectivity index (χ2v) is 7.21. The third-order valence-electron chi connectivity index (χ3n) is 3.48. The summed E-state index contributed by atoms with van der Waals surface area (Å²) in [6.07, 6.45) is 0. The Balaban J connectivity index is 1.98. The molecule has 1 heterocycles. The predicted molar refractivity (Wildman–Crippen MR) is 103 cm³/mol. The zero-order chi connectivity index (χ0) is 19.1. The fourth-order valence-electron chi connectivity index (χ4n) is 2.17. The molecule has 2 aromatic rings. The van der Waals surface area contributed by atoms with Crippen molar-refractivity contribution >= 4 is 39.1 Å². The first-order chi connectivity index (χ1) is 12.5. The van der Waals surface area contributed by atoms with Crippen molar-refractivity contribution in [1.82, 2.24) is 4.90 Å². The lowest BCUT2D eigenvalue weighted by Crippen LogP contribution is -2.30. The topological polar surface area (TPSA) is 65.1 Å². The van der Waals surface area contributed by atoms with Crippen LogP contribution >= 0.6 is 27.3 Å². The minimum atomic E-state index is -0.607. The highest BCUT2D eigenvalue weighted by atomic mass is 79.9. The monoisotopic (exact) mass is 441 g/mol. The van der Waals surface area contributed by atoms with Crippen LogP contribution in [-0.4, -0.2) is 44.1 Å². The van der Waals surface area contributed by atoms with Gasteiger partial charge in [-0.2, -0.15) is 0 Å². The molecule has 0 aliphatic heterocycles. The average Bonchev–Trinajstić information content (AvgIpc) is 3.13. The summed E-state index contributed by atoms with van der Waals surface area (Å²) in [4.78, 5) is 27.0. The van der Waals surface area contributed by atoms with Gasteiger partial charge in [-0.25, -0.2) is 4.79 Å². The minimum absolute atomic E-state index is 0.269. The number of thiophene rings is 1. The molecule has 0 unspecified atom stereocenters. The number of amides is 1. The highest BCUT2D eigenvalue weighted by Crippen LogP contribution is 2.36. The van der Waals surface area contributed by atoms with Gasteiger partial charge in [0, 0.05) is 11.9 Å². The zero-order valence-corrected chi connectivity index (χ0v) is 17.2. The van der Waals surface area contributed by atoms with Gasteiger partial charge in [0.05, 0.1) is 30.3 Å². The van der Waals surface area contributed by atoms with Crippen LogP contribution in [0, 0.1) is 0 Å². The van der Waals surface area contributed by atoms with Crippen molar-refractivity contribution in [3.05, 3.63) is 44.6 Å². The molecule has 140 valence electrons. The molecule has 1 amide bonds. The van der Waals surface area contributed by atoms with Gasteiger partial charge in [-0.15, -0.1) is 11.3 Å². The van der Waals surface area contributed by atoms with Gasteiger partial charge in [0.2, 0.25) is 0 Å². The van der Waals surface area contributed by atoms with Crippen molar-refractivity contribution in [2.75, 3.05) is 27.4 Å². The van der Waals surface area contributed by atoms with Crippen LogP contribution in [0.4, 0.5) is 0 Å². The van der Waals surface area contributed by atoms with Crippen molar-refractivity contribution in [2.24, 2.45) is 0 Å². The van der Waals surface area contributed by atoms with Gasteiger partial charge in [0.1, 0.15) is 0 Å². The SMILES string of the molecule is CCOc1c(Br)cc(C(=O)OCC(=O)N(C)Cc2cccs2)cc1OC. The van der Waals surface area contributed by atoms with Crippen LogP contribution in [0.5, 0.6) is 11.5 Å². The fraction of sp³-hybridized carbons (Fsp3) is 0.333. The second kappa shape index (κ2) is 9.59. The standard InChI is InChI=1S/C18H20BrNO5S/c1-4-24-17-14(19)8-12(9-15(17)23-3)18(22)25-11-16(21)20(2)10-13-6-5-7-26-13/h5-9H,4,10-11H2,1-3H3. The molecular weight excluding hydrogens is 422 g/mol. The van der Waals surface area contributed by atoms with Crippen LogP contribution in [0.2, 0.25) is 0 Å². The number of hydrogen-bond donors (Lipinski definition) is 0. The largest absolute Gasteiger partial charge is 0.493 e. The maximum absolute atomic E-state index is 12.3. The summed E-state index contributed by atoms with van der Waals surface area (Å²) in [6.45, 7) is 2.47. The molecule has 2 rings (SSSR count). The Hall–Kier alpha value is -2.06. The average molecular weight is 442 g/mol. The third-order valence-corrected chi connectivity index (χ3v) is 4.93. The molecule has 6 nitrogen and oxygen atoms in total. The van der Waals surface area contributed by atoms with E-state index in [0.29, 0.717) is 29.1 Å². The summed E-state index contributed by atoms with van der Waals surface area (Å²) < 4.78 is 16.5. The molecule has 1 aromatic carbocycles. The van der Waals surface area contributed by atoms with E-state index in [1.165, 1.54) is 18.1 Å². The number of carbonyl (C=O) groups is 2. The Morgan fingerprint density at radius 3 is 2.69 bits per heavy atom. The number of ether oxygens (including phenoxy) is 3. The molecule has 0 radical (unpaired) electrons. The summed E-state index contributed by atoms with van der Waals surface area (Å²) in [5, 5.41) is 1.95. The van der Waals surface area contributed by atoms with Crippen LogP contribution in [0.25, 0.3) is 0 Å². The van der Waals surface area contributed by atoms with E-state index in [4.69, 9.17) is 14.2 Å². The summed E-state index contributed by atoms with van der Waals surface area (Å²) in [7, 11) is 3.16. The molecule has 8 heteroatoms. The molecule has 0 spiro atoms. The Morgan fingerprint density at radius 1 is 1.31 bits per heavy atom. The Labute approximate surface area is 164 Å². The number of carbonyl (C=O) groups excluding carboxylic acids is 2. The van der Waals surface area contributed by atoms with E-state index in [9.17, 15) is 9.59 Å². The lowest BCUT2D eigenvalue weighted by Gasteiger charge is -2.16. The van der Waals surface area contributed by atoms with Crippen molar-refractivity contribution in [3.8, 4) is 11.5 Å². The zero-order valence-electron chi connectivity index (χ0n) is 14.8. The smallest absolute Gasteiger partial charge is 0.338 e. The van der Waals surface area contributed by atoms with Crippen molar-refractivity contribution in [2.45, 2.75) is 13.5 Å². The van der Waals surface area contributed by atoms with E-state index in [-0.39, 0.29) is 18.1 Å².